The Labute approximate surface area is 129 Å². The Balaban J connectivity index is 0.000000277. The molecule has 4 amide bonds. The van der Waals surface area contributed by atoms with E-state index in [0.29, 0.717) is 0 Å². The van der Waals surface area contributed by atoms with Crippen LogP contribution in [0, 0.1) is 0 Å². The molecule has 7 N–H and O–H groups in total. The zero-order chi connectivity index (χ0) is 17.7. The Morgan fingerprint density at radius 2 is 1.74 bits per heavy atom. The SMILES string of the molecule is CC(=O)OC1O[C@H](CO)[C@@H](O)[C@H](O)[C@H]1N.O=C1NC(=O)C(=O)N1. The van der Waals surface area contributed by atoms with Crippen LogP contribution in [0.2, 0.25) is 0 Å². The van der Waals surface area contributed by atoms with Crippen molar-refractivity contribution >= 4 is 23.8 Å². The summed E-state index contributed by atoms with van der Waals surface area (Å²) in [7, 11) is 0. The van der Waals surface area contributed by atoms with Crippen molar-refractivity contribution in [1.82, 2.24) is 10.6 Å². The first-order chi connectivity index (χ1) is 10.7. The predicted molar refractivity (Wildman–Crippen MR) is 69.2 cm³/mol. The van der Waals surface area contributed by atoms with Crippen LogP contribution in [0.15, 0.2) is 0 Å². The number of carbonyl (C=O) groups excluding carboxylic acids is 4. The summed E-state index contributed by atoms with van der Waals surface area (Å²) >= 11 is 0. The van der Waals surface area contributed by atoms with Gasteiger partial charge in [-0.25, -0.2) is 4.79 Å². The Bertz CT molecular complexity index is 477. The van der Waals surface area contributed by atoms with Crippen LogP contribution >= 0.6 is 0 Å². The zero-order valence-electron chi connectivity index (χ0n) is 12.0. The van der Waals surface area contributed by atoms with Gasteiger partial charge in [0.2, 0.25) is 6.29 Å². The lowest BCUT2D eigenvalue weighted by molar-refractivity contribution is -0.258. The zero-order valence-corrected chi connectivity index (χ0v) is 12.0. The summed E-state index contributed by atoms with van der Waals surface area (Å²) in [4.78, 5) is 40.8. The van der Waals surface area contributed by atoms with E-state index in [0.717, 1.165) is 0 Å². The van der Waals surface area contributed by atoms with Crippen LogP contribution in [0.5, 0.6) is 0 Å². The fourth-order valence-electron chi connectivity index (χ4n) is 1.72. The molecule has 12 heteroatoms. The number of aliphatic hydroxyl groups is 3. The topological polar surface area (TPSA) is 198 Å². The first-order valence-corrected chi connectivity index (χ1v) is 6.39. The smallest absolute Gasteiger partial charge is 0.328 e. The summed E-state index contributed by atoms with van der Waals surface area (Å²) in [6.07, 6.45) is -4.76. The summed E-state index contributed by atoms with van der Waals surface area (Å²) in [5.41, 5.74) is 5.48. The van der Waals surface area contributed by atoms with Gasteiger partial charge in [-0.05, 0) is 0 Å². The van der Waals surface area contributed by atoms with E-state index >= 15 is 0 Å². The van der Waals surface area contributed by atoms with Crippen LogP contribution in [-0.4, -0.2) is 76.4 Å². The average Bonchev–Trinajstić information content (AvgIpc) is 2.76. The van der Waals surface area contributed by atoms with Crippen molar-refractivity contribution in [3.8, 4) is 0 Å². The number of esters is 1. The third kappa shape index (κ3) is 4.94. The number of ether oxygens (including phenoxy) is 2. The van der Waals surface area contributed by atoms with Crippen molar-refractivity contribution in [2.24, 2.45) is 5.73 Å². The van der Waals surface area contributed by atoms with Crippen molar-refractivity contribution in [3.05, 3.63) is 0 Å². The highest BCUT2D eigenvalue weighted by Gasteiger charge is 2.43. The van der Waals surface area contributed by atoms with E-state index in [1.807, 2.05) is 0 Å². The molecular weight excluding hydrogens is 318 g/mol. The van der Waals surface area contributed by atoms with Gasteiger partial charge >= 0.3 is 23.8 Å². The van der Waals surface area contributed by atoms with Crippen molar-refractivity contribution in [3.63, 3.8) is 0 Å². The maximum absolute atomic E-state index is 10.7. The summed E-state index contributed by atoms with van der Waals surface area (Å²) in [6, 6.07) is -1.79. The second kappa shape index (κ2) is 7.94. The molecule has 0 saturated carbocycles. The number of aliphatic hydroxyl groups excluding tert-OH is 3. The molecule has 0 aliphatic carbocycles. The number of urea groups is 1. The molecule has 0 bridgehead atoms. The third-order valence-corrected chi connectivity index (χ3v) is 2.87. The monoisotopic (exact) mass is 335 g/mol. The fraction of sp³-hybridized carbons (Fsp3) is 0.636. The first-order valence-electron chi connectivity index (χ1n) is 6.39. The molecule has 2 aliphatic rings. The molecule has 0 radical (unpaired) electrons. The van der Waals surface area contributed by atoms with Gasteiger partial charge in [-0.3, -0.25) is 25.0 Å². The molecule has 2 rings (SSSR count). The minimum atomic E-state index is -1.31. The molecule has 0 aromatic rings. The maximum Gasteiger partial charge on any atom is 0.328 e. The number of rotatable bonds is 2. The molecule has 12 nitrogen and oxygen atoms in total. The van der Waals surface area contributed by atoms with Gasteiger partial charge in [-0.2, -0.15) is 0 Å². The van der Waals surface area contributed by atoms with E-state index in [-0.39, 0.29) is 0 Å². The molecule has 1 unspecified atom stereocenters. The number of amides is 4. The molecule has 23 heavy (non-hydrogen) atoms. The molecule has 0 aromatic carbocycles. The van der Waals surface area contributed by atoms with E-state index in [1.54, 1.807) is 10.6 Å². The number of hydrogen-bond acceptors (Lipinski definition) is 10. The van der Waals surface area contributed by atoms with E-state index in [2.05, 4.69) is 4.74 Å². The van der Waals surface area contributed by atoms with E-state index in [9.17, 15) is 29.4 Å². The molecule has 130 valence electrons. The van der Waals surface area contributed by atoms with Crippen LogP contribution in [0.25, 0.3) is 0 Å². The lowest BCUT2D eigenvalue weighted by Crippen LogP contribution is -2.62. The van der Waals surface area contributed by atoms with Gasteiger partial charge < -0.3 is 30.5 Å². The second-order valence-electron chi connectivity index (χ2n) is 4.63. The van der Waals surface area contributed by atoms with Crippen molar-refractivity contribution in [2.75, 3.05) is 6.61 Å². The molecule has 2 heterocycles. The summed E-state index contributed by atoms with van der Waals surface area (Å²) in [5.74, 6) is -2.40. The Morgan fingerprint density at radius 3 is 2.09 bits per heavy atom. The first kappa shape index (κ1) is 18.9. The average molecular weight is 335 g/mol. The summed E-state index contributed by atoms with van der Waals surface area (Å²) < 4.78 is 9.70. The van der Waals surface area contributed by atoms with Gasteiger partial charge in [-0.1, -0.05) is 0 Å². The largest absolute Gasteiger partial charge is 0.434 e. The normalized spacial score (nSPS) is 33.3. The van der Waals surface area contributed by atoms with Gasteiger partial charge in [0.25, 0.3) is 0 Å². The quantitative estimate of drug-likeness (QED) is 0.163. The van der Waals surface area contributed by atoms with Gasteiger partial charge in [0.05, 0.1) is 12.6 Å². The van der Waals surface area contributed by atoms with E-state index in [1.165, 1.54) is 6.92 Å². The second-order valence-corrected chi connectivity index (χ2v) is 4.63. The van der Waals surface area contributed by atoms with E-state index in [4.69, 9.17) is 15.6 Å². The molecular formula is C11H17N3O9. The molecule has 2 fully saturated rings. The van der Waals surface area contributed by atoms with Crippen LogP contribution in [-0.2, 0) is 23.9 Å². The minimum absolute atomic E-state index is 0.497. The summed E-state index contributed by atoms with van der Waals surface area (Å²) in [6.45, 7) is 0.671. The van der Waals surface area contributed by atoms with Gasteiger partial charge in [0.15, 0.2) is 0 Å². The highest BCUT2D eigenvalue weighted by atomic mass is 16.7. The minimum Gasteiger partial charge on any atom is -0.434 e. The van der Waals surface area contributed by atoms with Gasteiger partial charge in [0, 0.05) is 6.92 Å². The predicted octanol–water partition coefficient (Wildman–Crippen LogP) is -4.33. The van der Waals surface area contributed by atoms with Crippen LogP contribution in [0.1, 0.15) is 6.92 Å². The standard InChI is InChI=1S/C8H15NO6.C3H2N2O3/c1-3(11)14-8-5(9)7(13)6(12)4(2-10)15-8;6-1-2(7)5-3(8)4-1/h4-8,10,12-13H,2,9H2,1H3;(H2,4,5,6,7,8)/t4-,5-,6-,7-,8?;/m1./s1. The molecule has 0 aromatic heterocycles. The molecule has 5 atom stereocenters. The van der Waals surface area contributed by atoms with Crippen LogP contribution < -0.4 is 16.4 Å². The Kier molecular flexibility index (Phi) is 6.53. The summed E-state index contributed by atoms with van der Waals surface area (Å²) in [5, 5.41) is 31.2. The Morgan fingerprint density at radius 1 is 1.22 bits per heavy atom. The van der Waals surface area contributed by atoms with Gasteiger partial charge in [0.1, 0.15) is 18.3 Å². The molecule has 0 spiro atoms. The van der Waals surface area contributed by atoms with Crippen molar-refractivity contribution in [1.29, 1.82) is 0 Å². The lowest BCUT2D eigenvalue weighted by atomic mass is 9.98. The maximum atomic E-state index is 10.7. The van der Waals surface area contributed by atoms with Crippen LogP contribution in [0.3, 0.4) is 0 Å². The van der Waals surface area contributed by atoms with Crippen molar-refractivity contribution in [2.45, 2.75) is 37.6 Å². The Hall–Kier alpha value is -2.12. The number of carbonyl (C=O) groups is 4. The van der Waals surface area contributed by atoms with Crippen molar-refractivity contribution < 1.29 is 44.0 Å². The highest BCUT2D eigenvalue weighted by Crippen LogP contribution is 2.20. The lowest BCUT2D eigenvalue weighted by Gasteiger charge is -2.39. The number of nitrogens with one attached hydrogen (secondary N) is 2. The van der Waals surface area contributed by atoms with Crippen LogP contribution in [0.4, 0.5) is 4.79 Å². The fourth-order valence-corrected chi connectivity index (χ4v) is 1.72. The van der Waals surface area contributed by atoms with Gasteiger partial charge in [-0.15, -0.1) is 0 Å². The van der Waals surface area contributed by atoms with E-state index < -0.39 is 61.1 Å². The number of imide groups is 2. The molecule has 2 saturated heterocycles. The third-order valence-electron chi connectivity index (χ3n) is 2.87. The number of hydrogen-bond donors (Lipinski definition) is 6. The number of nitrogens with two attached hydrogens (primary N) is 1. The highest BCUT2D eigenvalue weighted by molar-refractivity contribution is 6.44. The molecule has 2 aliphatic heterocycles.